The van der Waals surface area contributed by atoms with Gasteiger partial charge in [0.15, 0.2) is 0 Å². The largest absolute Gasteiger partial charge is 0.381 e. The number of carbonyl (C=O) groups excluding carboxylic acids is 1. The molecule has 0 aliphatic heterocycles. The molecular formula is C11H22O2. The standard InChI is InChI=1S/C11H22O2/c1-11(2,3)8-5-6-10(13-4)7-9-12/h9-10H,5-8H2,1-4H3. The SMILES string of the molecule is COC(CC=O)CCCC(C)(C)C. The van der Waals surface area contributed by atoms with Crippen molar-refractivity contribution in [2.75, 3.05) is 7.11 Å². The van der Waals surface area contributed by atoms with Gasteiger partial charge < -0.3 is 9.53 Å². The van der Waals surface area contributed by atoms with Gasteiger partial charge in [0.25, 0.3) is 0 Å². The highest BCUT2D eigenvalue weighted by Crippen LogP contribution is 2.22. The zero-order chi connectivity index (χ0) is 10.3. The van der Waals surface area contributed by atoms with Gasteiger partial charge in [-0.05, 0) is 18.3 Å². The molecule has 0 amide bonds. The number of hydrogen-bond acceptors (Lipinski definition) is 2. The topological polar surface area (TPSA) is 26.3 Å². The van der Waals surface area contributed by atoms with Gasteiger partial charge in [0.1, 0.15) is 6.29 Å². The fourth-order valence-corrected chi connectivity index (χ4v) is 1.30. The summed E-state index contributed by atoms with van der Waals surface area (Å²) in [5.41, 5.74) is 0.388. The molecule has 0 N–H and O–H groups in total. The molecular weight excluding hydrogens is 164 g/mol. The number of hydrogen-bond donors (Lipinski definition) is 0. The van der Waals surface area contributed by atoms with E-state index in [4.69, 9.17) is 4.74 Å². The van der Waals surface area contributed by atoms with Gasteiger partial charge in [0.05, 0.1) is 6.10 Å². The van der Waals surface area contributed by atoms with E-state index in [1.165, 1.54) is 6.42 Å². The monoisotopic (exact) mass is 186 g/mol. The van der Waals surface area contributed by atoms with E-state index in [2.05, 4.69) is 20.8 Å². The van der Waals surface area contributed by atoms with Gasteiger partial charge in [-0.3, -0.25) is 0 Å². The van der Waals surface area contributed by atoms with E-state index in [9.17, 15) is 4.79 Å². The third kappa shape index (κ3) is 7.97. The van der Waals surface area contributed by atoms with E-state index in [0.717, 1.165) is 19.1 Å². The van der Waals surface area contributed by atoms with Crippen LogP contribution in [0.25, 0.3) is 0 Å². The van der Waals surface area contributed by atoms with Gasteiger partial charge in [0, 0.05) is 13.5 Å². The van der Waals surface area contributed by atoms with Crippen LogP contribution in [0, 0.1) is 5.41 Å². The molecule has 1 unspecified atom stereocenters. The average molecular weight is 186 g/mol. The Kier molecular flexibility index (Phi) is 5.97. The molecule has 0 spiro atoms. The van der Waals surface area contributed by atoms with Crippen molar-refractivity contribution in [3.63, 3.8) is 0 Å². The molecule has 0 saturated carbocycles. The number of methoxy groups -OCH3 is 1. The number of rotatable bonds is 6. The molecule has 2 heteroatoms. The molecule has 78 valence electrons. The molecule has 0 saturated heterocycles. The molecule has 0 aromatic heterocycles. The lowest BCUT2D eigenvalue weighted by Gasteiger charge is -2.19. The van der Waals surface area contributed by atoms with Gasteiger partial charge in [0.2, 0.25) is 0 Å². The smallest absolute Gasteiger partial charge is 0.122 e. The molecule has 0 aromatic rings. The van der Waals surface area contributed by atoms with Crippen LogP contribution in [-0.2, 0) is 9.53 Å². The summed E-state index contributed by atoms with van der Waals surface area (Å²) in [4.78, 5) is 10.3. The van der Waals surface area contributed by atoms with Crippen LogP contribution in [0.2, 0.25) is 0 Å². The Morgan fingerprint density at radius 3 is 2.38 bits per heavy atom. The zero-order valence-corrected chi connectivity index (χ0v) is 9.30. The van der Waals surface area contributed by atoms with Crippen LogP contribution in [0.15, 0.2) is 0 Å². The first kappa shape index (κ1) is 12.6. The quantitative estimate of drug-likeness (QED) is 0.596. The highest BCUT2D eigenvalue weighted by molar-refractivity contribution is 5.50. The fraction of sp³-hybridized carbons (Fsp3) is 0.909. The summed E-state index contributed by atoms with van der Waals surface area (Å²) in [5.74, 6) is 0. The molecule has 0 bridgehead atoms. The van der Waals surface area contributed by atoms with E-state index in [1.807, 2.05) is 0 Å². The van der Waals surface area contributed by atoms with Crippen LogP contribution < -0.4 is 0 Å². The first-order valence-corrected chi connectivity index (χ1v) is 4.96. The maximum absolute atomic E-state index is 10.3. The lowest BCUT2D eigenvalue weighted by molar-refractivity contribution is -0.110. The van der Waals surface area contributed by atoms with Crippen molar-refractivity contribution in [2.24, 2.45) is 5.41 Å². The Bertz CT molecular complexity index is 136. The van der Waals surface area contributed by atoms with Crippen LogP contribution in [0.1, 0.15) is 46.5 Å². The van der Waals surface area contributed by atoms with Gasteiger partial charge in [-0.1, -0.05) is 27.2 Å². The summed E-state index contributed by atoms with van der Waals surface area (Å²) in [5, 5.41) is 0. The van der Waals surface area contributed by atoms with E-state index in [0.29, 0.717) is 11.8 Å². The number of ether oxygens (including phenoxy) is 1. The minimum Gasteiger partial charge on any atom is -0.381 e. The summed E-state index contributed by atoms with van der Waals surface area (Å²) in [7, 11) is 1.67. The maximum atomic E-state index is 10.3. The molecule has 0 radical (unpaired) electrons. The summed E-state index contributed by atoms with van der Waals surface area (Å²) < 4.78 is 5.17. The van der Waals surface area contributed by atoms with Crippen molar-refractivity contribution in [1.29, 1.82) is 0 Å². The van der Waals surface area contributed by atoms with Gasteiger partial charge in [-0.2, -0.15) is 0 Å². The molecule has 0 aromatic carbocycles. The zero-order valence-electron chi connectivity index (χ0n) is 9.30. The Hall–Kier alpha value is -0.370. The first-order chi connectivity index (χ1) is 5.99. The summed E-state index contributed by atoms with van der Waals surface area (Å²) in [6.07, 6.45) is 4.90. The lowest BCUT2D eigenvalue weighted by Crippen LogP contribution is -2.13. The highest BCUT2D eigenvalue weighted by atomic mass is 16.5. The Morgan fingerprint density at radius 1 is 1.38 bits per heavy atom. The van der Waals surface area contributed by atoms with Crippen molar-refractivity contribution in [3.05, 3.63) is 0 Å². The van der Waals surface area contributed by atoms with Crippen LogP contribution in [0.4, 0.5) is 0 Å². The number of aldehydes is 1. The summed E-state index contributed by atoms with van der Waals surface area (Å²) in [6.45, 7) is 6.69. The van der Waals surface area contributed by atoms with Gasteiger partial charge in [-0.15, -0.1) is 0 Å². The van der Waals surface area contributed by atoms with Crippen molar-refractivity contribution in [2.45, 2.75) is 52.6 Å². The third-order valence-electron chi connectivity index (χ3n) is 2.15. The van der Waals surface area contributed by atoms with Gasteiger partial charge >= 0.3 is 0 Å². The molecule has 0 heterocycles. The second kappa shape index (κ2) is 6.14. The molecule has 0 rings (SSSR count). The summed E-state index contributed by atoms with van der Waals surface area (Å²) >= 11 is 0. The van der Waals surface area contributed by atoms with E-state index >= 15 is 0 Å². The van der Waals surface area contributed by atoms with E-state index in [-0.39, 0.29) is 6.10 Å². The highest BCUT2D eigenvalue weighted by Gasteiger charge is 2.12. The predicted octanol–water partition coefficient (Wildman–Crippen LogP) is 2.81. The number of carbonyl (C=O) groups is 1. The first-order valence-electron chi connectivity index (χ1n) is 4.96. The van der Waals surface area contributed by atoms with E-state index in [1.54, 1.807) is 7.11 Å². The molecule has 1 atom stereocenters. The molecule has 2 nitrogen and oxygen atoms in total. The van der Waals surface area contributed by atoms with Crippen LogP contribution in [-0.4, -0.2) is 19.5 Å². The maximum Gasteiger partial charge on any atom is 0.122 e. The minimum atomic E-state index is 0.125. The van der Waals surface area contributed by atoms with Crippen molar-refractivity contribution >= 4 is 6.29 Å². The van der Waals surface area contributed by atoms with Crippen molar-refractivity contribution in [1.82, 2.24) is 0 Å². The normalized spacial score (nSPS) is 14.2. The fourth-order valence-electron chi connectivity index (χ4n) is 1.30. The van der Waals surface area contributed by atoms with E-state index < -0.39 is 0 Å². The Morgan fingerprint density at radius 2 is 2.00 bits per heavy atom. The van der Waals surface area contributed by atoms with Crippen molar-refractivity contribution in [3.8, 4) is 0 Å². The summed E-state index contributed by atoms with van der Waals surface area (Å²) in [6, 6.07) is 0. The van der Waals surface area contributed by atoms with Crippen LogP contribution >= 0.6 is 0 Å². The molecule has 0 aliphatic carbocycles. The average Bonchev–Trinajstić information content (AvgIpc) is 2.01. The lowest BCUT2D eigenvalue weighted by atomic mass is 9.89. The minimum absolute atomic E-state index is 0.125. The second-order valence-corrected chi connectivity index (χ2v) is 4.71. The molecule has 0 fully saturated rings. The Balaban J connectivity index is 3.54. The molecule has 0 aliphatic rings. The Labute approximate surface area is 81.7 Å². The van der Waals surface area contributed by atoms with Crippen LogP contribution in [0.5, 0.6) is 0 Å². The van der Waals surface area contributed by atoms with Gasteiger partial charge in [-0.25, -0.2) is 0 Å². The van der Waals surface area contributed by atoms with Crippen LogP contribution in [0.3, 0.4) is 0 Å². The second-order valence-electron chi connectivity index (χ2n) is 4.71. The van der Waals surface area contributed by atoms with Crippen molar-refractivity contribution < 1.29 is 9.53 Å². The third-order valence-corrected chi connectivity index (χ3v) is 2.15. The predicted molar refractivity (Wildman–Crippen MR) is 54.8 cm³/mol. The molecule has 13 heavy (non-hydrogen) atoms.